The van der Waals surface area contributed by atoms with Gasteiger partial charge in [0, 0.05) is 24.9 Å². The normalized spacial score (nSPS) is 16.1. The monoisotopic (exact) mass is 328 g/mol. The number of amides is 2. The van der Waals surface area contributed by atoms with Crippen molar-refractivity contribution in [2.75, 3.05) is 13.1 Å². The van der Waals surface area contributed by atoms with Crippen LogP contribution in [-0.2, 0) is 16.1 Å². The van der Waals surface area contributed by atoms with Gasteiger partial charge in [0.2, 0.25) is 11.8 Å². The highest BCUT2D eigenvalue weighted by Crippen LogP contribution is 2.13. The number of aromatic nitrogens is 2. The van der Waals surface area contributed by atoms with Crippen LogP contribution in [0.1, 0.15) is 32.6 Å². The molecule has 1 fully saturated rings. The molecule has 1 atom stereocenters. The number of fused-ring (bicyclic) bond motifs is 1. The summed E-state index contributed by atoms with van der Waals surface area (Å²) in [6.45, 7) is 3.87. The first-order valence-electron chi connectivity index (χ1n) is 8.64. The number of benzene rings is 1. The van der Waals surface area contributed by atoms with E-state index in [4.69, 9.17) is 0 Å². The molecule has 0 radical (unpaired) electrons. The highest BCUT2D eigenvalue weighted by molar-refractivity contribution is 5.87. The number of rotatable bonds is 5. The summed E-state index contributed by atoms with van der Waals surface area (Å²) < 4.78 is 1.83. The van der Waals surface area contributed by atoms with Crippen molar-refractivity contribution >= 4 is 22.7 Å². The molecule has 128 valence electrons. The molecule has 6 nitrogen and oxygen atoms in total. The highest BCUT2D eigenvalue weighted by atomic mass is 16.2. The van der Waals surface area contributed by atoms with Crippen molar-refractivity contribution < 1.29 is 9.59 Å². The maximum Gasteiger partial charge on any atom is 0.244 e. The Bertz CT molecular complexity index is 719. The maximum atomic E-state index is 12.3. The number of aryl methyl sites for hydroxylation is 1. The van der Waals surface area contributed by atoms with Crippen LogP contribution in [-0.4, -0.2) is 45.6 Å². The summed E-state index contributed by atoms with van der Waals surface area (Å²) in [5.41, 5.74) is 1.02. The van der Waals surface area contributed by atoms with Crippen LogP contribution in [0, 0.1) is 0 Å². The molecular formula is C18H24N4O2. The second-order valence-corrected chi connectivity index (χ2v) is 6.35. The second kappa shape index (κ2) is 7.47. The van der Waals surface area contributed by atoms with E-state index in [1.165, 1.54) is 6.42 Å². The minimum atomic E-state index is -0.468. The molecule has 2 heterocycles. The largest absolute Gasteiger partial charge is 0.345 e. The lowest BCUT2D eigenvalue weighted by atomic mass is 10.1. The van der Waals surface area contributed by atoms with Crippen LogP contribution in [0.5, 0.6) is 0 Å². The zero-order valence-electron chi connectivity index (χ0n) is 14.1. The molecule has 0 saturated carbocycles. The number of hydrogen-bond donors (Lipinski definition) is 1. The third kappa shape index (κ3) is 3.75. The minimum absolute atomic E-state index is 0.0209. The fraction of sp³-hybridized carbons (Fsp3) is 0.500. The smallest absolute Gasteiger partial charge is 0.244 e. The molecule has 1 aromatic carbocycles. The average molecular weight is 328 g/mol. The summed E-state index contributed by atoms with van der Waals surface area (Å²) in [4.78, 5) is 26.3. The Kier molecular flexibility index (Phi) is 5.13. The molecule has 0 spiro atoms. The lowest BCUT2D eigenvalue weighted by molar-refractivity contribution is -0.136. The van der Waals surface area contributed by atoms with Gasteiger partial charge >= 0.3 is 0 Å². The molecule has 2 amide bonds. The first kappa shape index (κ1) is 16.5. The summed E-state index contributed by atoms with van der Waals surface area (Å²) >= 11 is 0. The number of carbonyl (C=O) groups is 2. The van der Waals surface area contributed by atoms with E-state index < -0.39 is 6.04 Å². The van der Waals surface area contributed by atoms with E-state index in [1.54, 1.807) is 13.1 Å². The van der Waals surface area contributed by atoms with Gasteiger partial charge in [-0.2, -0.15) is 5.10 Å². The predicted octanol–water partition coefficient (Wildman–Crippen LogP) is 1.94. The van der Waals surface area contributed by atoms with Gasteiger partial charge in [-0.1, -0.05) is 18.2 Å². The lowest BCUT2D eigenvalue weighted by Gasteiger charge is -2.29. The molecule has 24 heavy (non-hydrogen) atoms. The number of nitrogens with one attached hydrogen (secondary N) is 1. The Labute approximate surface area is 141 Å². The number of hydrogen-bond acceptors (Lipinski definition) is 3. The van der Waals surface area contributed by atoms with Crippen molar-refractivity contribution in [3.8, 4) is 0 Å². The molecule has 1 N–H and O–H groups in total. The minimum Gasteiger partial charge on any atom is -0.345 e. The summed E-state index contributed by atoms with van der Waals surface area (Å²) in [5, 5.41) is 8.19. The molecule has 0 aliphatic carbocycles. The quantitative estimate of drug-likeness (QED) is 0.912. The third-order valence-electron chi connectivity index (χ3n) is 4.52. The first-order chi connectivity index (χ1) is 11.6. The predicted molar refractivity (Wildman–Crippen MR) is 92.4 cm³/mol. The van der Waals surface area contributed by atoms with Crippen LogP contribution in [0.2, 0.25) is 0 Å². The van der Waals surface area contributed by atoms with Gasteiger partial charge < -0.3 is 10.2 Å². The van der Waals surface area contributed by atoms with Gasteiger partial charge in [0.15, 0.2) is 0 Å². The van der Waals surface area contributed by atoms with E-state index in [1.807, 2.05) is 33.8 Å². The molecule has 1 aromatic heterocycles. The highest BCUT2D eigenvalue weighted by Gasteiger charge is 2.23. The van der Waals surface area contributed by atoms with Crippen LogP contribution >= 0.6 is 0 Å². The molecule has 1 saturated heterocycles. The molecule has 1 aliphatic rings. The Morgan fingerprint density at radius 3 is 2.75 bits per heavy atom. The lowest BCUT2D eigenvalue weighted by Crippen LogP contribution is -2.48. The summed E-state index contributed by atoms with van der Waals surface area (Å²) in [5.74, 6) is -0.0972. The van der Waals surface area contributed by atoms with E-state index in [-0.39, 0.29) is 11.8 Å². The molecule has 3 rings (SSSR count). The van der Waals surface area contributed by atoms with Crippen LogP contribution in [0.3, 0.4) is 0 Å². The van der Waals surface area contributed by atoms with Crippen LogP contribution < -0.4 is 5.32 Å². The summed E-state index contributed by atoms with van der Waals surface area (Å²) in [6, 6.07) is 7.44. The van der Waals surface area contributed by atoms with Crippen LogP contribution in [0.15, 0.2) is 30.5 Å². The van der Waals surface area contributed by atoms with Crippen molar-refractivity contribution in [2.45, 2.75) is 45.2 Å². The van der Waals surface area contributed by atoms with E-state index in [2.05, 4.69) is 10.4 Å². The molecule has 0 bridgehead atoms. The topological polar surface area (TPSA) is 67.2 Å². The Hall–Kier alpha value is -2.37. The van der Waals surface area contributed by atoms with E-state index >= 15 is 0 Å². The number of likely N-dealkylation sites (tertiary alicyclic amines) is 1. The van der Waals surface area contributed by atoms with Gasteiger partial charge in [0.1, 0.15) is 6.04 Å². The van der Waals surface area contributed by atoms with Crippen LogP contribution in [0.4, 0.5) is 0 Å². The Balaban J connectivity index is 1.50. The Morgan fingerprint density at radius 1 is 1.21 bits per heavy atom. The van der Waals surface area contributed by atoms with Crippen molar-refractivity contribution in [1.82, 2.24) is 20.0 Å². The standard InChI is InChI=1S/C18H24N4O2/c1-14(18(24)21-10-5-2-6-11-21)20-17(23)9-12-22-16-8-4-3-7-15(16)13-19-22/h3-4,7-8,13-14H,2,5-6,9-12H2,1H3,(H,20,23). The average Bonchev–Trinajstić information content (AvgIpc) is 3.03. The van der Waals surface area contributed by atoms with Crippen molar-refractivity contribution in [2.24, 2.45) is 0 Å². The molecule has 6 heteroatoms. The van der Waals surface area contributed by atoms with E-state index in [0.717, 1.165) is 36.8 Å². The van der Waals surface area contributed by atoms with Gasteiger partial charge in [-0.15, -0.1) is 0 Å². The van der Waals surface area contributed by atoms with Gasteiger partial charge in [-0.05, 0) is 32.3 Å². The Morgan fingerprint density at radius 2 is 1.96 bits per heavy atom. The summed E-state index contributed by atoms with van der Waals surface area (Å²) in [6.07, 6.45) is 5.40. The number of para-hydroxylation sites is 1. The van der Waals surface area contributed by atoms with Gasteiger partial charge in [-0.25, -0.2) is 0 Å². The summed E-state index contributed by atoms with van der Waals surface area (Å²) in [7, 11) is 0. The second-order valence-electron chi connectivity index (χ2n) is 6.35. The fourth-order valence-corrected chi connectivity index (χ4v) is 3.18. The molecular weight excluding hydrogens is 304 g/mol. The van der Waals surface area contributed by atoms with Gasteiger partial charge in [0.25, 0.3) is 0 Å². The zero-order chi connectivity index (χ0) is 16.9. The van der Waals surface area contributed by atoms with Crippen molar-refractivity contribution in [1.29, 1.82) is 0 Å². The number of piperidine rings is 1. The molecule has 2 aromatic rings. The van der Waals surface area contributed by atoms with Crippen molar-refractivity contribution in [3.63, 3.8) is 0 Å². The maximum absolute atomic E-state index is 12.3. The van der Waals surface area contributed by atoms with Crippen molar-refractivity contribution in [3.05, 3.63) is 30.5 Å². The SMILES string of the molecule is CC(NC(=O)CCn1ncc2ccccc21)C(=O)N1CCCCC1. The fourth-order valence-electron chi connectivity index (χ4n) is 3.18. The zero-order valence-corrected chi connectivity index (χ0v) is 14.1. The van der Waals surface area contributed by atoms with Gasteiger partial charge in [-0.3, -0.25) is 14.3 Å². The van der Waals surface area contributed by atoms with E-state index in [9.17, 15) is 9.59 Å². The van der Waals surface area contributed by atoms with Crippen LogP contribution in [0.25, 0.3) is 10.9 Å². The molecule has 1 aliphatic heterocycles. The first-order valence-corrected chi connectivity index (χ1v) is 8.64. The number of carbonyl (C=O) groups excluding carboxylic acids is 2. The molecule has 1 unspecified atom stereocenters. The van der Waals surface area contributed by atoms with Gasteiger partial charge in [0.05, 0.1) is 18.3 Å². The number of nitrogens with zero attached hydrogens (tertiary/aromatic N) is 3. The third-order valence-corrected chi connectivity index (χ3v) is 4.52. The van der Waals surface area contributed by atoms with E-state index in [0.29, 0.717) is 13.0 Å².